The molecule has 3 rings (SSSR count). The average molecular weight is 287 g/mol. The first-order chi connectivity index (χ1) is 10.1. The molecule has 2 aliphatic heterocycles. The van der Waals surface area contributed by atoms with Gasteiger partial charge in [0, 0.05) is 18.5 Å². The van der Waals surface area contributed by atoms with Crippen molar-refractivity contribution in [3.05, 3.63) is 28.8 Å². The Bertz CT molecular complexity index is 540. The van der Waals surface area contributed by atoms with Crippen LogP contribution in [0.3, 0.4) is 0 Å². The Balaban J connectivity index is 1.75. The summed E-state index contributed by atoms with van der Waals surface area (Å²) in [7, 11) is 1.66. The monoisotopic (exact) mass is 287 g/mol. The summed E-state index contributed by atoms with van der Waals surface area (Å²) in [5.41, 5.74) is 3.00. The minimum atomic E-state index is 0.237. The van der Waals surface area contributed by atoms with E-state index in [0.717, 1.165) is 29.7 Å². The molecule has 2 heterocycles. The van der Waals surface area contributed by atoms with Crippen LogP contribution in [-0.2, 0) is 0 Å². The van der Waals surface area contributed by atoms with Crippen LogP contribution in [0.5, 0.6) is 5.75 Å². The molecule has 3 heteroatoms. The van der Waals surface area contributed by atoms with Crippen molar-refractivity contribution in [3.63, 3.8) is 0 Å². The van der Waals surface area contributed by atoms with Crippen LogP contribution in [0.15, 0.2) is 12.1 Å². The van der Waals surface area contributed by atoms with Gasteiger partial charge in [-0.05, 0) is 62.6 Å². The first kappa shape index (κ1) is 14.6. The maximum Gasteiger partial charge on any atom is 0.166 e. The van der Waals surface area contributed by atoms with Crippen LogP contribution in [0, 0.1) is 19.8 Å². The molecule has 0 aliphatic carbocycles. The van der Waals surface area contributed by atoms with Crippen LogP contribution in [0.25, 0.3) is 0 Å². The molecule has 21 heavy (non-hydrogen) atoms. The summed E-state index contributed by atoms with van der Waals surface area (Å²) < 4.78 is 5.49. The number of piperidine rings is 1. The minimum Gasteiger partial charge on any atom is -0.496 e. The lowest BCUT2D eigenvalue weighted by atomic mass is 9.86. The largest absolute Gasteiger partial charge is 0.496 e. The average Bonchev–Trinajstić information content (AvgIpc) is 2.80. The number of benzene rings is 1. The first-order valence-electron chi connectivity index (χ1n) is 8.02. The Morgan fingerprint density at radius 2 is 1.90 bits per heavy atom. The molecule has 114 valence electrons. The fraction of sp³-hybridized carbons (Fsp3) is 0.611. The molecule has 1 aromatic rings. The molecule has 1 aromatic carbocycles. The molecular formula is C18H25NO2. The van der Waals surface area contributed by atoms with Gasteiger partial charge in [0.05, 0.1) is 12.7 Å². The molecule has 3 nitrogen and oxygen atoms in total. The highest BCUT2D eigenvalue weighted by Crippen LogP contribution is 2.35. The van der Waals surface area contributed by atoms with Gasteiger partial charge in [0.1, 0.15) is 5.75 Å². The van der Waals surface area contributed by atoms with E-state index in [1.807, 2.05) is 19.1 Å². The molecule has 1 N–H and O–H groups in total. The molecule has 2 atom stereocenters. The third kappa shape index (κ3) is 2.84. The van der Waals surface area contributed by atoms with E-state index in [1.54, 1.807) is 7.11 Å². The summed E-state index contributed by atoms with van der Waals surface area (Å²) in [6, 6.07) is 5.24. The lowest BCUT2D eigenvalue weighted by molar-refractivity contribution is 0.0942. The highest BCUT2D eigenvalue weighted by molar-refractivity contribution is 5.99. The number of ketones is 1. The Morgan fingerprint density at radius 1 is 1.24 bits per heavy atom. The summed E-state index contributed by atoms with van der Waals surface area (Å²) in [5, 5.41) is 3.64. The Hall–Kier alpha value is -1.35. The number of fused-ring (bicyclic) bond motifs is 2. The second-order valence-corrected chi connectivity index (χ2v) is 6.69. The van der Waals surface area contributed by atoms with Crippen LogP contribution in [0.4, 0.5) is 0 Å². The fourth-order valence-electron chi connectivity index (χ4n) is 3.99. The minimum absolute atomic E-state index is 0.237. The highest BCUT2D eigenvalue weighted by Gasteiger charge is 2.34. The Kier molecular flexibility index (Phi) is 4.03. The van der Waals surface area contributed by atoms with Crippen molar-refractivity contribution in [3.8, 4) is 5.75 Å². The quantitative estimate of drug-likeness (QED) is 0.862. The van der Waals surface area contributed by atoms with Crippen LogP contribution in [0.2, 0.25) is 0 Å². The van der Waals surface area contributed by atoms with Crippen molar-refractivity contribution < 1.29 is 9.53 Å². The Labute approximate surface area is 127 Å². The van der Waals surface area contributed by atoms with E-state index < -0.39 is 0 Å². The summed E-state index contributed by atoms with van der Waals surface area (Å²) in [6.45, 7) is 4.08. The smallest absolute Gasteiger partial charge is 0.166 e. The first-order valence-corrected chi connectivity index (χ1v) is 8.02. The second kappa shape index (κ2) is 5.80. The lowest BCUT2D eigenvalue weighted by Gasteiger charge is -2.28. The number of Topliss-reactive ketones (excluding diaryl/α,β-unsaturated/α-hetero) is 1. The number of nitrogens with one attached hydrogen (secondary N) is 1. The number of rotatable bonds is 4. The number of hydrogen-bond donors (Lipinski definition) is 1. The van der Waals surface area contributed by atoms with Gasteiger partial charge in [-0.15, -0.1) is 0 Å². The van der Waals surface area contributed by atoms with Gasteiger partial charge in [0.25, 0.3) is 0 Å². The lowest BCUT2D eigenvalue weighted by Crippen LogP contribution is -2.38. The van der Waals surface area contributed by atoms with Crippen LogP contribution >= 0.6 is 0 Å². The molecule has 2 fully saturated rings. The number of ether oxygens (including phenoxy) is 1. The maximum atomic E-state index is 12.7. The molecule has 2 saturated heterocycles. The molecule has 0 saturated carbocycles. The maximum absolute atomic E-state index is 12.7. The molecule has 0 aromatic heterocycles. The molecule has 0 spiro atoms. The molecular weight excluding hydrogens is 262 g/mol. The van der Waals surface area contributed by atoms with Crippen molar-refractivity contribution in [2.45, 2.75) is 58.0 Å². The van der Waals surface area contributed by atoms with E-state index >= 15 is 0 Å². The van der Waals surface area contributed by atoms with Crippen molar-refractivity contribution in [2.75, 3.05) is 7.11 Å². The standard InChI is InChI=1S/C18H25NO2/c1-11-4-7-16(18(21-3)12(11)2)17(20)10-13-8-14-5-6-15(9-13)19-14/h4,7,13-15,19H,5-6,8-10H2,1-3H3. The van der Waals surface area contributed by atoms with E-state index in [4.69, 9.17) is 4.74 Å². The SMILES string of the molecule is COc1c(C(=O)CC2CC3CCC(C2)N3)ccc(C)c1C. The number of carbonyl (C=O) groups excluding carboxylic acids is 1. The predicted molar refractivity (Wildman–Crippen MR) is 84.1 cm³/mol. The number of hydrogen-bond acceptors (Lipinski definition) is 3. The van der Waals surface area contributed by atoms with Gasteiger partial charge < -0.3 is 10.1 Å². The van der Waals surface area contributed by atoms with Crippen molar-refractivity contribution >= 4 is 5.78 Å². The Morgan fingerprint density at radius 3 is 2.52 bits per heavy atom. The number of aryl methyl sites for hydroxylation is 1. The summed E-state index contributed by atoms with van der Waals surface area (Å²) in [6.07, 6.45) is 5.52. The van der Waals surface area contributed by atoms with E-state index in [1.165, 1.54) is 18.4 Å². The fourth-order valence-corrected chi connectivity index (χ4v) is 3.99. The summed E-state index contributed by atoms with van der Waals surface area (Å²) in [4.78, 5) is 12.7. The van der Waals surface area contributed by atoms with Crippen molar-refractivity contribution in [1.29, 1.82) is 0 Å². The summed E-state index contributed by atoms with van der Waals surface area (Å²) >= 11 is 0. The highest BCUT2D eigenvalue weighted by atomic mass is 16.5. The van der Waals surface area contributed by atoms with Gasteiger partial charge in [0.15, 0.2) is 5.78 Å². The zero-order valence-electron chi connectivity index (χ0n) is 13.2. The second-order valence-electron chi connectivity index (χ2n) is 6.69. The van der Waals surface area contributed by atoms with E-state index in [-0.39, 0.29) is 5.78 Å². The van der Waals surface area contributed by atoms with Gasteiger partial charge in [0.2, 0.25) is 0 Å². The molecule has 2 aliphatic rings. The van der Waals surface area contributed by atoms with Crippen molar-refractivity contribution in [1.82, 2.24) is 5.32 Å². The topological polar surface area (TPSA) is 38.3 Å². The van der Waals surface area contributed by atoms with E-state index in [2.05, 4.69) is 12.2 Å². The third-order valence-corrected chi connectivity index (χ3v) is 5.23. The van der Waals surface area contributed by atoms with E-state index in [9.17, 15) is 4.79 Å². The third-order valence-electron chi connectivity index (χ3n) is 5.23. The molecule has 2 unspecified atom stereocenters. The van der Waals surface area contributed by atoms with E-state index in [0.29, 0.717) is 24.4 Å². The molecule has 2 bridgehead atoms. The predicted octanol–water partition coefficient (Wildman–Crippen LogP) is 3.42. The van der Waals surface area contributed by atoms with Gasteiger partial charge in [-0.3, -0.25) is 4.79 Å². The van der Waals surface area contributed by atoms with Gasteiger partial charge in [-0.2, -0.15) is 0 Å². The zero-order valence-corrected chi connectivity index (χ0v) is 13.2. The van der Waals surface area contributed by atoms with Crippen molar-refractivity contribution in [2.24, 2.45) is 5.92 Å². The van der Waals surface area contributed by atoms with Crippen LogP contribution in [-0.4, -0.2) is 25.0 Å². The summed E-state index contributed by atoms with van der Waals surface area (Å²) in [5.74, 6) is 1.53. The molecule has 0 amide bonds. The van der Waals surface area contributed by atoms with Crippen LogP contribution in [0.1, 0.15) is 53.6 Å². The zero-order chi connectivity index (χ0) is 15.0. The normalized spacial score (nSPS) is 27.7. The van der Waals surface area contributed by atoms with Gasteiger partial charge in [-0.25, -0.2) is 0 Å². The van der Waals surface area contributed by atoms with Crippen LogP contribution < -0.4 is 10.1 Å². The number of methoxy groups -OCH3 is 1. The number of carbonyl (C=O) groups is 1. The molecule has 0 radical (unpaired) electrons. The van der Waals surface area contributed by atoms with Gasteiger partial charge in [-0.1, -0.05) is 6.07 Å². The van der Waals surface area contributed by atoms with Gasteiger partial charge >= 0.3 is 0 Å².